The van der Waals surface area contributed by atoms with Gasteiger partial charge in [0.05, 0.1) is 0 Å². The van der Waals surface area contributed by atoms with Crippen LogP contribution in [0.4, 0.5) is 0 Å². The Balaban J connectivity index is 0.000000350. The van der Waals surface area contributed by atoms with Crippen LogP contribution in [-0.4, -0.2) is 3.21 Å². The maximum absolute atomic E-state index is 3.53. The van der Waals surface area contributed by atoms with Crippen molar-refractivity contribution in [3.8, 4) is 11.1 Å². The quantitative estimate of drug-likeness (QED) is 0.325. The van der Waals surface area contributed by atoms with E-state index in [9.17, 15) is 0 Å². The van der Waals surface area contributed by atoms with Crippen molar-refractivity contribution in [2.45, 2.75) is 118 Å². The molecule has 0 heterocycles. The van der Waals surface area contributed by atoms with Gasteiger partial charge in [-0.1, -0.05) is 102 Å². The maximum atomic E-state index is 3.53. The summed E-state index contributed by atoms with van der Waals surface area (Å²) in [6.45, 7) is 20.3. The monoisotopic (exact) mass is 640 g/mol. The summed E-state index contributed by atoms with van der Waals surface area (Å²) in [4.78, 5) is 0. The number of hydrogen-bond acceptors (Lipinski definition) is 0. The van der Waals surface area contributed by atoms with Gasteiger partial charge in [0.25, 0.3) is 0 Å². The molecule has 3 aliphatic rings. The van der Waals surface area contributed by atoms with Crippen LogP contribution in [0.3, 0.4) is 0 Å². The summed E-state index contributed by atoms with van der Waals surface area (Å²) in [6.07, 6.45) is 16.8. The van der Waals surface area contributed by atoms with Crippen molar-refractivity contribution in [2.24, 2.45) is 5.41 Å². The molecule has 0 radical (unpaired) electrons. The molecule has 1 fully saturated rings. The second-order valence-corrected chi connectivity index (χ2v) is 15.7. The van der Waals surface area contributed by atoms with Crippen molar-refractivity contribution in [1.29, 1.82) is 0 Å². The first-order valence-corrected chi connectivity index (χ1v) is 15.4. The predicted octanol–water partition coefficient (Wildman–Crippen LogP) is 4.05. The number of halogens is 2. The average molecular weight is 643 g/mol. The van der Waals surface area contributed by atoms with Crippen LogP contribution >= 0.6 is 0 Å². The number of fused-ring (bicyclic) bond motifs is 3. The molecule has 0 N–H and O–H groups in total. The fourth-order valence-electron chi connectivity index (χ4n) is 4.88. The summed E-state index contributed by atoms with van der Waals surface area (Å²) in [6, 6.07) is 15.1. The van der Waals surface area contributed by atoms with Crippen molar-refractivity contribution in [2.75, 3.05) is 0 Å². The summed E-state index contributed by atoms with van der Waals surface area (Å²) in [5.74, 6) is 0. The molecule has 212 valence electrons. The van der Waals surface area contributed by atoms with Crippen molar-refractivity contribution in [3.63, 3.8) is 0 Å². The Labute approximate surface area is 267 Å². The molecular formula is C36H48Cl2Zr-2. The summed E-state index contributed by atoms with van der Waals surface area (Å²) in [5.41, 5.74) is 10.5. The summed E-state index contributed by atoms with van der Waals surface area (Å²) in [5, 5.41) is 0. The van der Waals surface area contributed by atoms with Gasteiger partial charge in [-0.2, -0.15) is 41.0 Å². The molecule has 2 aromatic carbocycles. The first kappa shape index (κ1) is 36.3. The summed E-state index contributed by atoms with van der Waals surface area (Å²) < 4.78 is 1.80. The van der Waals surface area contributed by atoms with E-state index in [2.05, 4.69) is 117 Å². The average Bonchev–Trinajstić information content (AvgIpc) is 3.47. The Morgan fingerprint density at radius 2 is 1.31 bits per heavy atom. The molecule has 0 unspecified atom stereocenters. The normalized spacial score (nSPS) is 15.9. The number of benzene rings is 2. The van der Waals surface area contributed by atoms with Crippen LogP contribution in [0.25, 0.3) is 11.1 Å². The van der Waals surface area contributed by atoms with Crippen LogP contribution in [0.2, 0.25) is 0 Å². The van der Waals surface area contributed by atoms with Gasteiger partial charge in [0.15, 0.2) is 0 Å². The van der Waals surface area contributed by atoms with Gasteiger partial charge >= 0.3 is 59.5 Å². The molecule has 0 spiro atoms. The predicted molar refractivity (Wildman–Crippen MR) is 159 cm³/mol. The summed E-state index contributed by atoms with van der Waals surface area (Å²) >= 11 is 1.69. The third-order valence-electron chi connectivity index (χ3n) is 7.55. The molecule has 3 heteroatoms. The second kappa shape index (κ2) is 14.9. The standard InChI is InChI=1S/C21H25.C9H13.C6H10.2ClH.Zr/c1-20(2,3)16-9-7-14-11-15-8-10-17(21(4,5)6)13-19(15)18(14)12-16;1-9(2,3)8-6-4-5-7-8;1-2-4-6-5-3-1;;;/h7,9-10,12-13H,11H2,1-6H3;6-7H,4H2,1-3H3;1-5H2;2*1H;/q2*-1;;;;+2/p-2. The SMILES string of the molecule is CC(C)(C)C1=CC[C-]=C1.CC(C)(C)c1c[c-]c2c(c1)-c1cc(C(C)(C)C)ccc1C2.[Cl-].[Cl-].[Zr+2]=[C]1CCCCC1. The molecule has 0 nitrogen and oxygen atoms in total. The molecule has 0 atom stereocenters. The molecule has 0 bridgehead atoms. The van der Waals surface area contributed by atoms with E-state index < -0.39 is 0 Å². The van der Waals surface area contributed by atoms with E-state index in [1.807, 2.05) is 0 Å². The van der Waals surface area contributed by atoms with E-state index in [-0.39, 0.29) is 35.6 Å². The zero-order chi connectivity index (χ0) is 27.4. The first-order valence-electron chi connectivity index (χ1n) is 14.2. The first-order chi connectivity index (χ1) is 17.2. The van der Waals surface area contributed by atoms with E-state index in [0.29, 0.717) is 5.41 Å². The third-order valence-corrected chi connectivity index (χ3v) is 8.78. The van der Waals surface area contributed by atoms with Crippen LogP contribution in [-0.2, 0) is 41.5 Å². The van der Waals surface area contributed by atoms with Gasteiger partial charge in [0, 0.05) is 0 Å². The zero-order valence-corrected chi connectivity index (χ0v) is 29.7. The van der Waals surface area contributed by atoms with E-state index in [0.717, 1.165) is 12.8 Å². The van der Waals surface area contributed by atoms with Crippen molar-refractivity contribution < 1.29 is 49.0 Å². The third kappa shape index (κ3) is 10.5. The summed E-state index contributed by atoms with van der Waals surface area (Å²) in [7, 11) is 0. The van der Waals surface area contributed by atoms with Gasteiger partial charge in [-0.05, 0) is 17.4 Å². The molecule has 2 aromatic rings. The second-order valence-electron chi connectivity index (χ2n) is 14.0. The Kier molecular flexibility index (Phi) is 13.9. The minimum absolute atomic E-state index is 0. The molecule has 3 aliphatic carbocycles. The van der Waals surface area contributed by atoms with Gasteiger partial charge in [-0.15, -0.1) is 12.0 Å². The molecule has 0 amide bonds. The number of allylic oxidation sites excluding steroid dienone is 4. The van der Waals surface area contributed by atoms with E-state index in [4.69, 9.17) is 0 Å². The zero-order valence-electron chi connectivity index (χ0n) is 25.7. The molecule has 0 aliphatic heterocycles. The van der Waals surface area contributed by atoms with Crippen LogP contribution in [0, 0.1) is 17.6 Å². The van der Waals surface area contributed by atoms with E-state index in [1.165, 1.54) is 71.1 Å². The van der Waals surface area contributed by atoms with Crippen LogP contribution in [0.15, 0.2) is 48.1 Å². The fourth-order valence-corrected chi connectivity index (χ4v) is 5.75. The Bertz CT molecular complexity index is 1090. The van der Waals surface area contributed by atoms with E-state index >= 15 is 0 Å². The number of rotatable bonds is 0. The van der Waals surface area contributed by atoms with Gasteiger partial charge in [-0.3, -0.25) is 6.08 Å². The topological polar surface area (TPSA) is 0 Å². The Morgan fingerprint density at radius 3 is 1.74 bits per heavy atom. The van der Waals surface area contributed by atoms with Gasteiger partial charge in [0.2, 0.25) is 0 Å². The van der Waals surface area contributed by atoms with Crippen LogP contribution in [0.5, 0.6) is 0 Å². The molecule has 0 aromatic heterocycles. The Hall–Kier alpha value is -0.747. The fraction of sp³-hybridized carbons (Fsp3) is 0.528. The van der Waals surface area contributed by atoms with Gasteiger partial charge in [0.1, 0.15) is 0 Å². The van der Waals surface area contributed by atoms with Crippen molar-refractivity contribution >= 4 is 3.21 Å². The molecule has 1 saturated carbocycles. The van der Waals surface area contributed by atoms with Crippen LogP contribution in [0.1, 0.15) is 123 Å². The van der Waals surface area contributed by atoms with Gasteiger partial charge in [-0.25, -0.2) is 6.08 Å². The molecular weight excluding hydrogens is 595 g/mol. The molecule has 5 rings (SSSR count). The molecule has 0 saturated heterocycles. The number of hydrogen-bond donors (Lipinski definition) is 0. The molecule has 39 heavy (non-hydrogen) atoms. The van der Waals surface area contributed by atoms with Crippen molar-refractivity contribution in [3.05, 3.63) is 82.5 Å². The minimum atomic E-state index is 0. The van der Waals surface area contributed by atoms with Crippen LogP contribution < -0.4 is 24.8 Å². The van der Waals surface area contributed by atoms with E-state index in [1.54, 1.807) is 27.4 Å². The van der Waals surface area contributed by atoms with Crippen molar-refractivity contribution in [1.82, 2.24) is 0 Å². The Morgan fingerprint density at radius 1 is 0.718 bits per heavy atom. The van der Waals surface area contributed by atoms with Gasteiger partial charge < -0.3 is 24.8 Å².